The Hall–Kier alpha value is -1.16. The molecule has 1 rings (SSSR count). The Kier molecular flexibility index (Phi) is 32.9. The first-order valence-electron chi connectivity index (χ1n) is 21.9. The van der Waals surface area contributed by atoms with Gasteiger partial charge in [0, 0.05) is 13.0 Å². The largest absolute Gasteiger partial charge is 0.457 e. The van der Waals surface area contributed by atoms with Crippen molar-refractivity contribution >= 4 is 16.4 Å². The third-order valence-electron chi connectivity index (χ3n) is 10.1. The van der Waals surface area contributed by atoms with Crippen LogP contribution in [0.3, 0.4) is 0 Å². The van der Waals surface area contributed by atoms with Gasteiger partial charge >= 0.3 is 16.4 Å². The molecule has 0 aromatic rings. The van der Waals surface area contributed by atoms with E-state index in [1.54, 1.807) is 0 Å². The van der Waals surface area contributed by atoms with E-state index in [9.17, 15) is 28.5 Å². The first-order valence-corrected chi connectivity index (χ1v) is 23.3. The number of allylic oxidation sites excluding steroid dienone is 2. The molecule has 12 nitrogen and oxygen atoms in total. The summed E-state index contributed by atoms with van der Waals surface area (Å²) >= 11 is 0. The number of aliphatic hydroxyl groups is 3. The molecule has 55 heavy (non-hydrogen) atoms. The van der Waals surface area contributed by atoms with Gasteiger partial charge in [-0.15, -0.1) is 0 Å². The summed E-state index contributed by atoms with van der Waals surface area (Å²) in [6.45, 7) is 3.99. The number of rotatable bonds is 38. The van der Waals surface area contributed by atoms with Crippen LogP contribution in [0.1, 0.15) is 187 Å². The van der Waals surface area contributed by atoms with E-state index in [1.807, 2.05) is 0 Å². The van der Waals surface area contributed by atoms with Gasteiger partial charge in [-0.1, -0.05) is 154 Å². The molecule has 0 aliphatic carbocycles. The van der Waals surface area contributed by atoms with Gasteiger partial charge in [0.2, 0.25) is 0 Å². The summed E-state index contributed by atoms with van der Waals surface area (Å²) in [5.41, 5.74) is 0. The molecule has 6 atom stereocenters. The Morgan fingerprint density at radius 3 is 1.64 bits per heavy atom. The SMILES string of the molecule is CCCCCCCC/C=C\CCCCCCCC(=O)OC(COCCCCCCCCCCCCCCC)COC1OC(CO)C(O)C(OS(=O)(=O)O)C1O. The number of unbranched alkanes of at least 4 members (excludes halogenated alkanes) is 23. The molecule has 0 aromatic heterocycles. The number of ether oxygens (including phenoxy) is 4. The number of hydrogen-bond donors (Lipinski definition) is 4. The topological polar surface area (TPSA) is 178 Å². The Morgan fingerprint density at radius 2 is 1.15 bits per heavy atom. The minimum absolute atomic E-state index is 0.0379. The third-order valence-corrected chi connectivity index (χ3v) is 10.6. The van der Waals surface area contributed by atoms with Crippen LogP contribution in [0.15, 0.2) is 12.2 Å². The highest BCUT2D eigenvalue weighted by Crippen LogP contribution is 2.26. The highest BCUT2D eigenvalue weighted by atomic mass is 32.3. The fourth-order valence-corrected chi connectivity index (χ4v) is 7.29. The van der Waals surface area contributed by atoms with E-state index >= 15 is 0 Å². The zero-order valence-electron chi connectivity index (χ0n) is 34.5. The van der Waals surface area contributed by atoms with Gasteiger partial charge in [0.05, 0.1) is 19.8 Å². The minimum atomic E-state index is -5.06. The lowest BCUT2D eigenvalue weighted by atomic mass is 9.99. The van der Waals surface area contributed by atoms with Crippen molar-refractivity contribution in [2.45, 2.75) is 224 Å². The first-order chi connectivity index (χ1) is 26.6. The van der Waals surface area contributed by atoms with Crippen LogP contribution in [0.4, 0.5) is 0 Å². The molecule has 0 radical (unpaired) electrons. The van der Waals surface area contributed by atoms with E-state index < -0.39 is 59.8 Å². The monoisotopic (exact) mass is 809 g/mol. The van der Waals surface area contributed by atoms with Crippen molar-refractivity contribution in [1.82, 2.24) is 0 Å². The zero-order chi connectivity index (χ0) is 40.4. The van der Waals surface area contributed by atoms with Gasteiger partial charge in [-0.3, -0.25) is 9.35 Å². The molecule has 0 bridgehead atoms. The second kappa shape index (κ2) is 34.8. The van der Waals surface area contributed by atoms with Crippen LogP contribution in [0.5, 0.6) is 0 Å². The molecule has 4 N–H and O–H groups in total. The summed E-state index contributed by atoms with van der Waals surface area (Å²) in [4.78, 5) is 12.8. The number of esters is 1. The average Bonchev–Trinajstić information content (AvgIpc) is 3.15. The van der Waals surface area contributed by atoms with Crippen LogP contribution in [-0.2, 0) is 38.3 Å². The highest BCUT2D eigenvalue weighted by Gasteiger charge is 2.48. The quantitative estimate of drug-likeness (QED) is 0.0202. The van der Waals surface area contributed by atoms with Gasteiger partial charge in [0.15, 0.2) is 6.29 Å². The van der Waals surface area contributed by atoms with Gasteiger partial charge in [0.25, 0.3) is 0 Å². The van der Waals surface area contributed by atoms with Gasteiger partial charge in [0.1, 0.15) is 30.5 Å². The molecule has 1 aliphatic rings. The number of carbonyl (C=O) groups is 1. The normalized spacial score (nSPS) is 21.0. The average molecular weight is 809 g/mol. The van der Waals surface area contributed by atoms with Crippen molar-refractivity contribution in [3.05, 3.63) is 12.2 Å². The molecular formula is C42H80O12S. The van der Waals surface area contributed by atoms with Crippen molar-refractivity contribution in [2.24, 2.45) is 0 Å². The van der Waals surface area contributed by atoms with E-state index in [0.717, 1.165) is 57.8 Å². The molecule has 1 aliphatic heterocycles. The van der Waals surface area contributed by atoms with Crippen LogP contribution in [0.2, 0.25) is 0 Å². The molecule has 1 heterocycles. The van der Waals surface area contributed by atoms with Crippen LogP contribution in [-0.4, -0.2) is 97.5 Å². The van der Waals surface area contributed by atoms with Crippen molar-refractivity contribution in [3.8, 4) is 0 Å². The smallest absolute Gasteiger partial charge is 0.397 e. The van der Waals surface area contributed by atoms with E-state index in [4.69, 9.17) is 23.5 Å². The summed E-state index contributed by atoms with van der Waals surface area (Å²) in [5, 5.41) is 30.6. The maximum absolute atomic E-state index is 12.8. The Bertz CT molecular complexity index is 1030. The lowest BCUT2D eigenvalue weighted by Gasteiger charge is -2.41. The molecule has 0 amide bonds. The third kappa shape index (κ3) is 28.8. The molecule has 0 saturated carbocycles. The highest BCUT2D eigenvalue weighted by molar-refractivity contribution is 7.80. The second-order valence-electron chi connectivity index (χ2n) is 15.3. The molecule has 0 spiro atoms. The van der Waals surface area contributed by atoms with Crippen molar-refractivity contribution in [3.63, 3.8) is 0 Å². The standard InChI is InChI=1S/C42H80O12S/c1-3-5-7-9-11-13-15-17-18-19-21-23-25-27-29-31-38(44)52-36(34-50-32-30-28-26-24-22-20-16-14-12-10-8-6-4-2)35-51-42-40(46)41(54-55(47,48)49)39(45)37(33-43)53-42/h17-18,36-37,39-43,45-46H,3-16,19-35H2,1-2H3,(H,47,48,49)/b18-17-. The molecule has 326 valence electrons. The van der Waals surface area contributed by atoms with Crippen LogP contribution >= 0.6 is 0 Å². The minimum Gasteiger partial charge on any atom is -0.457 e. The van der Waals surface area contributed by atoms with Crippen molar-refractivity contribution in [2.75, 3.05) is 26.4 Å². The zero-order valence-corrected chi connectivity index (χ0v) is 35.3. The molecule has 0 aromatic carbocycles. The molecule has 1 fully saturated rings. The summed E-state index contributed by atoms with van der Waals surface area (Å²) in [7, 11) is -5.06. The van der Waals surface area contributed by atoms with Gasteiger partial charge in [-0.05, 0) is 38.5 Å². The Balaban J connectivity index is 2.45. The van der Waals surface area contributed by atoms with E-state index in [0.29, 0.717) is 13.0 Å². The summed E-state index contributed by atoms with van der Waals surface area (Å²) in [6, 6.07) is 0. The number of hydrogen-bond acceptors (Lipinski definition) is 11. The van der Waals surface area contributed by atoms with Crippen LogP contribution < -0.4 is 0 Å². The number of aliphatic hydroxyl groups excluding tert-OH is 3. The summed E-state index contributed by atoms with van der Waals surface area (Å²) < 4.78 is 58.9. The summed E-state index contributed by atoms with van der Waals surface area (Å²) in [5.74, 6) is -0.405. The van der Waals surface area contributed by atoms with E-state index in [2.05, 4.69) is 30.2 Å². The Morgan fingerprint density at radius 1 is 0.673 bits per heavy atom. The predicted octanol–water partition coefficient (Wildman–Crippen LogP) is 8.69. The van der Waals surface area contributed by atoms with Crippen molar-refractivity contribution < 1.29 is 56.2 Å². The van der Waals surface area contributed by atoms with Gasteiger partial charge in [-0.25, -0.2) is 4.18 Å². The molecule has 1 saturated heterocycles. The molecule has 6 unspecified atom stereocenters. The van der Waals surface area contributed by atoms with E-state index in [-0.39, 0.29) is 19.6 Å². The number of carbonyl (C=O) groups excluding carboxylic acids is 1. The molecular weight excluding hydrogens is 729 g/mol. The van der Waals surface area contributed by atoms with Crippen molar-refractivity contribution in [1.29, 1.82) is 0 Å². The van der Waals surface area contributed by atoms with E-state index in [1.165, 1.54) is 103 Å². The maximum Gasteiger partial charge on any atom is 0.397 e. The van der Waals surface area contributed by atoms with Gasteiger partial charge < -0.3 is 34.3 Å². The lowest BCUT2D eigenvalue weighted by molar-refractivity contribution is -0.301. The fourth-order valence-electron chi connectivity index (χ4n) is 6.78. The lowest BCUT2D eigenvalue weighted by Crippen LogP contribution is -2.60. The van der Waals surface area contributed by atoms with Crippen LogP contribution in [0, 0.1) is 0 Å². The Labute approximate surface area is 334 Å². The fraction of sp³-hybridized carbons (Fsp3) is 0.929. The van der Waals surface area contributed by atoms with Crippen LogP contribution in [0.25, 0.3) is 0 Å². The second-order valence-corrected chi connectivity index (χ2v) is 16.3. The summed E-state index contributed by atoms with van der Waals surface area (Å²) in [6.07, 6.45) is 26.7. The molecule has 13 heteroatoms. The maximum atomic E-state index is 12.8. The first kappa shape index (κ1) is 51.9. The predicted molar refractivity (Wildman–Crippen MR) is 216 cm³/mol. The van der Waals surface area contributed by atoms with Gasteiger partial charge in [-0.2, -0.15) is 8.42 Å².